The lowest BCUT2D eigenvalue weighted by molar-refractivity contribution is 0.726. The Morgan fingerprint density at radius 2 is 1.91 bits per heavy atom. The Labute approximate surface area is 62.7 Å². The van der Waals surface area contributed by atoms with Crippen LogP contribution in [0.3, 0.4) is 0 Å². The molecule has 0 aromatic carbocycles. The van der Waals surface area contributed by atoms with Gasteiger partial charge in [0.1, 0.15) is 6.33 Å². The van der Waals surface area contributed by atoms with Crippen molar-refractivity contribution in [3.8, 4) is 5.82 Å². The average Bonchev–Trinajstić information content (AvgIpc) is 2.58. The average molecular weight is 147 g/mol. The maximum atomic E-state index is 3.95. The lowest BCUT2D eigenvalue weighted by atomic mass is 10.6. The second-order valence-electron chi connectivity index (χ2n) is 1.89. The Hall–Kier alpha value is -1.78. The molecule has 0 saturated carbocycles. The molecule has 54 valence electrons. The van der Waals surface area contributed by atoms with Crippen LogP contribution in [-0.2, 0) is 0 Å². The van der Waals surface area contributed by atoms with Crippen LogP contribution < -0.4 is 0 Å². The van der Waals surface area contributed by atoms with Crippen LogP contribution in [0.5, 0.6) is 0 Å². The summed E-state index contributed by atoms with van der Waals surface area (Å²) in [6.07, 6.45) is 6.30. The van der Waals surface area contributed by atoms with Gasteiger partial charge in [0.25, 0.3) is 0 Å². The van der Waals surface area contributed by atoms with Gasteiger partial charge in [-0.2, -0.15) is 10.2 Å². The summed E-state index contributed by atoms with van der Waals surface area (Å²) in [7, 11) is 0. The van der Waals surface area contributed by atoms with E-state index in [0.717, 1.165) is 0 Å². The summed E-state index contributed by atoms with van der Waals surface area (Å²) < 4.78 is 0. The number of hydrogen-bond donors (Lipinski definition) is 0. The Bertz CT molecular complexity index is 314. The third kappa shape index (κ3) is 1.07. The molecule has 11 heavy (non-hydrogen) atoms. The molecule has 0 N–H and O–H groups in total. The summed E-state index contributed by atoms with van der Waals surface area (Å²) in [5, 5.41) is 7.80. The minimum absolute atomic E-state index is 0.671. The first kappa shape index (κ1) is 5.96. The van der Waals surface area contributed by atoms with E-state index in [0.29, 0.717) is 5.82 Å². The lowest BCUT2D eigenvalue weighted by Gasteiger charge is -1.93. The normalized spacial score (nSPS) is 9.82. The quantitative estimate of drug-likeness (QED) is 0.572. The predicted molar refractivity (Wildman–Crippen MR) is 36.9 cm³/mol. The zero-order chi connectivity index (χ0) is 7.52. The number of hydrogen-bond acceptors (Lipinski definition) is 4. The Kier molecular flexibility index (Phi) is 1.33. The Balaban J connectivity index is 2.46. The van der Waals surface area contributed by atoms with Crippen molar-refractivity contribution in [2.24, 2.45) is 0 Å². The highest BCUT2D eigenvalue weighted by Gasteiger charge is 1.94. The molecule has 5 nitrogen and oxygen atoms in total. The van der Waals surface area contributed by atoms with Crippen molar-refractivity contribution in [1.29, 1.82) is 0 Å². The fraction of sp³-hybridized carbons (Fsp3) is 0. The standard InChI is InChI=1S/C6H5N5/c1-2-7-5-8-6(1)11-9-3-4-10-11/h1-5H. The maximum Gasteiger partial charge on any atom is 0.177 e. The molecule has 2 aromatic heterocycles. The predicted octanol–water partition coefficient (Wildman–Crippen LogP) is 0.0573. The third-order valence-corrected chi connectivity index (χ3v) is 1.19. The van der Waals surface area contributed by atoms with Gasteiger partial charge in [-0.3, -0.25) is 0 Å². The highest BCUT2D eigenvalue weighted by Crippen LogP contribution is 1.94. The Morgan fingerprint density at radius 3 is 2.55 bits per heavy atom. The molecule has 0 atom stereocenters. The highest BCUT2D eigenvalue weighted by atomic mass is 15.5. The van der Waals surface area contributed by atoms with Crippen LogP contribution in [0, 0.1) is 0 Å². The van der Waals surface area contributed by atoms with Gasteiger partial charge in [-0.15, -0.1) is 4.80 Å². The molecule has 0 bridgehead atoms. The van der Waals surface area contributed by atoms with Crippen LogP contribution in [0.2, 0.25) is 0 Å². The third-order valence-electron chi connectivity index (χ3n) is 1.19. The highest BCUT2D eigenvalue weighted by molar-refractivity contribution is 5.13. The first-order valence-corrected chi connectivity index (χ1v) is 3.09. The van der Waals surface area contributed by atoms with Crippen LogP contribution in [0.4, 0.5) is 0 Å². The summed E-state index contributed by atoms with van der Waals surface area (Å²) >= 11 is 0. The van der Waals surface area contributed by atoms with E-state index in [9.17, 15) is 0 Å². The van der Waals surface area contributed by atoms with Crippen LogP contribution in [-0.4, -0.2) is 25.0 Å². The molecular formula is C6H5N5. The van der Waals surface area contributed by atoms with Crippen LogP contribution >= 0.6 is 0 Å². The smallest absolute Gasteiger partial charge is 0.177 e. The molecule has 0 unspecified atom stereocenters. The molecular weight excluding hydrogens is 142 g/mol. The molecule has 5 heteroatoms. The van der Waals surface area contributed by atoms with Gasteiger partial charge in [-0.05, 0) is 0 Å². The maximum absolute atomic E-state index is 3.95. The monoisotopic (exact) mass is 147 g/mol. The van der Waals surface area contributed by atoms with Crippen LogP contribution in [0.1, 0.15) is 0 Å². The number of aromatic nitrogens is 5. The van der Waals surface area contributed by atoms with E-state index in [-0.39, 0.29) is 0 Å². The lowest BCUT2D eigenvalue weighted by Crippen LogP contribution is -2.00. The summed E-state index contributed by atoms with van der Waals surface area (Å²) in [4.78, 5) is 9.16. The molecule has 0 spiro atoms. The van der Waals surface area contributed by atoms with Gasteiger partial charge in [0.2, 0.25) is 0 Å². The second kappa shape index (κ2) is 2.45. The Morgan fingerprint density at radius 1 is 1.09 bits per heavy atom. The topological polar surface area (TPSA) is 56.5 Å². The molecule has 0 aliphatic rings. The zero-order valence-corrected chi connectivity index (χ0v) is 5.62. The van der Waals surface area contributed by atoms with Gasteiger partial charge < -0.3 is 0 Å². The molecule has 0 amide bonds. The molecule has 0 aliphatic carbocycles. The summed E-state index contributed by atoms with van der Waals surface area (Å²) in [5.41, 5.74) is 0. The van der Waals surface area contributed by atoms with E-state index in [1.165, 1.54) is 11.1 Å². The molecule has 0 saturated heterocycles. The SMILES string of the molecule is c1cc(-n2nccn2)ncn1. The number of rotatable bonds is 1. The number of nitrogens with zero attached hydrogens (tertiary/aromatic N) is 5. The summed E-state index contributed by atoms with van der Waals surface area (Å²) in [6, 6.07) is 1.74. The first-order valence-electron chi connectivity index (χ1n) is 3.09. The van der Waals surface area contributed by atoms with Crippen molar-refractivity contribution in [3.63, 3.8) is 0 Å². The van der Waals surface area contributed by atoms with Crippen molar-refractivity contribution >= 4 is 0 Å². The minimum Gasteiger partial charge on any atom is -0.245 e. The van der Waals surface area contributed by atoms with Crippen molar-refractivity contribution in [3.05, 3.63) is 31.0 Å². The van der Waals surface area contributed by atoms with E-state index in [1.54, 1.807) is 24.7 Å². The van der Waals surface area contributed by atoms with Gasteiger partial charge in [0, 0.05) is 12.3 Å². The largest absolute Gasteiger partial charge is 0.245 e. The van der Waals surface area contributed by atoms with E-state index in [2.05, 4.69) is 20.2 Å². The fourth-order valence-corrected chi connectivity index (χ4v) is 0.736. The van der Waals surface area contributed by atoms with Gasteiger partial charge >= 0.3 is 0 Å². The van der Waals surface area contributed by atoms with Gasteiger partial charge in [-0.25, -0.2) is 9.97 Å². The minimum atomic E-state index is 0.671. The fourth-order valence-electron chi connectivity index (χ4n) is 0.736. The van der Waals surface area contributed by atoms with E-state index < -0.39 is 0 Å². The van der Waals surface area contributed by atoms with Crippen molar-refractivity contribution in [1.82, 2.24) is 25.0 Å². The molecule has 2 heterocycles. The summed E-state index contributed by atoms with van der Waals surface area (Å²) in [5.74, 6) is 0.671. The zero-order valence-electron chi connectivity index (χ0n) is 5.62. The molecule has 0 radical (unpaired) electrons. The molecule has 0 aliphatic heterocycles. The first-order chi connectivity index (χ1) is 5.47. The van der Waals surface area contributed by atoms with Crippen molar-refractivity contribution in [2.75, 3.05) is 0 Å². The van der Waals surface area contributed by atoms with Gasteiger partial charge in [0.15, 0.2) is 5.82 Å². The van der Waals surface area contributed by atoms with E-state index >= 15 is 0 Å². The molecule has 2 rings (SSSR count). The molecule has 2 aromatic rings. The van der Waals surface area contributed by atoms with Crippen molar-refractivity contribution in [2.45, 2.75) is 0 Å². The van der Waals surface area contributed by atoms with Gasteiger partial charge in [-0.1, -0.05) is 0 Å². The van der Waals surface area contributed by atoms with Crippen molar-refractivity contribution < 1.29 is 0 Å². The van der Waals surface area contributed by atoms with Crippen LogP contribution in [0.25, 0.3) is 5.82 Å². The van der Waals surface area contributed by atoms with Crippen LogP contribution in [0.15, 0.2) is 31.0 Å². The second-order valence-corrected chi connectivity index (χ2v) is 1.89. The van der Waals surface area contributed by atoms with E-state index in [1.807, 2.05) is 0 Å². The summed E-state index contributed by atoms with van der Waals surface area (Å²) in [6.45, 7) is 0. The van der Waals surface area contributed by atoms with E-state index in [4.69, 9.17) is 0 Å². The molecule has 0 fully saturated rings. The van der Waals surface area contributed by atoms with Gasteiger partial charge in [0.05, 0.1) is 12.4 Å².